The number of benzene rings is 3. The Kier molecular flexibility index (Phi) is 7.73. The number of hydrogen-bond donors (Lipinski definition) is 0. The van der Waals surface area contributed by atoms with E-state index in [0.717, 1.165) is 35.8 Å². The number of methoxy groups -OCH3 is 2. The van der Waals surface area contributed by atoms with Crippen LogP contribution in [0.4, 0.5) is 5.69 Å². The van der Waals surface area contributed by atoms with Gasteiger partial charge in [-0.05, 0) is 65.6 Å². The standard InChI is InChI=1S/C30H36N2O4/c1-30(2,3)24-7-11-27(12-8-24)36-21-23-20-22(6-15-28(23)35-5)29(33)32-18-16-31(17-19-32)25-9-13-26(34-4)14-10-25/h6-15,20H,16-19,21H2,1-5H3. The van der Waals surface area contributed by atoms with Gasteiger partial charge in [0.25, 0.3) is 5.91 Å². The largest absolute Gasteiger partial charge is 0.497 e. The Balaban J connectivity index is 1.39. The molecular weight excluding hydrogens is 452 g/mol. The van der Waals surface area contributed by atoms with E-state index in [-0.39, 0.29) is 11.3 Å². The normalized spacial score (nSPS) is 13.9. The van der Waals surface area contributed by atoms with Crippen molar-refractivity contribution in [1.29, 1.82) is 0 Å². The fraction of sp³-hybridized carbons (Fsp3) is 0.367. The molecular formula is C30H36N2O4. The molecule has 6 heteroatoms. The second-order valence-corrected chi connectivity index (χ2v) is 10.1. The van der Waals surface area contributed by atoms with Crippen LogP contribution in [-0.4, -0.2) is 51.2 Å². The van der Waals surface area contributed by atoms with Crippen molar-refractivity contribution in [2.75, 3.05) is 45.3 Å². The number of rotatable bonds is 7. The molecule has 0 saturated carbocycles. The molecule has 6 nitrogen and oxygen atoms in total. The number of ether oxygens (including phenoxy) is 3. The number of amides is 1. The zero-order valence-corrected chi connectivity index (χ0v) is 21.9. The summed E-state index contributed by atoms with van der Waals surface area (Å²) in [5.41, 5.74) is 3.99. The lowest BCUT2D eigenvalue weighted by atomic mass is 9.87. The van der Waals surface area contributed by atoms with Crippen LogP contribution in [0.5, 0.6) is 17.2 Å². The van der Waals surface area contributed by atoms with Gasteiger partial charge in [0.2, 0.25) is 0 Å². The van der Waals surface area contributed by atoms with Gasteiger partial charge in [-0.3, -0.25) is 4.79 Å². The summed E-state index contributed by atoms with van der Waals surface area (Å²) >= 11 is 0. The first-order chi connectivity index (χ1) is 17.3. The summed E-state index contributed by atoms with van der Waals surface area (Å²) in [5, 5.41) is 0. The minimum Gasteiger partial charge on any atom is -0.497 e. The monoisotopic (exact) mass is 488 g/mol. The van der Waals surface area contributed by atoms with Gasteiger partial charge >= 0.3 is 0 Å². The van der Waals surface area contributed by atoms with E-state index in [1.807, 2.05) is 47.4 Å². The zero-order chi connectivity index (χ0) is 25.7. The number of carbonyl (C=O) groups is 1. The third kappa shape index (κ3) is 5.93. The van der Waals surface area contributed by atoms with E-state index in [4.69, 9.17) is 14.2 Å². The highest BCUT2D eigenvalue weighted by Crippen LogP contribution is 2.27. The fourth-order valence-electron chi connectivity index (χ4n) is 4.38. The molecule has 0 radical (unpaired) electrons. The van der Waals surface area contributed by atoms with Crippen molar-refractivity contribution in [1.82, 2.24) is 4.90 Å². The van der Waals surface area contributed by atoms with Crippen molar-refractivity contribution in [3.05, 3.63) is 83.4 Å². The third-order valence-corrected chi connectivity index (χ3v) is 6.65. The predicted octanol–water partition coefficient (Wildman–Crippen LogP) is 5.54. The molecule has 0 spiro atoms. The SMILES string of the molecule is COc1ccc(N2CCN(C(=O)c3ccc(OC)c(COc4ccc(C(C)(C)C)cc4)c3)CC2)cc1. The van der Waals surface area contributed by atoms with Crippen LogP contribution in [-0.2, 0) is 12.0 Å². The Morgan fingerprint density at radius 1 is 0.806 bits per heavy atom. The van der Waals surface area contributed by atoms with Gasteiger partial charge < -0.3 is 24.0 Å². The van der Waals surface area contributed by atoms with Crippen LogP contribution in [0, 0.1) is 0 Å². The van der Waals surface area contributed by atoms with E-state index in [2.05, 4.69) is 49.9 Å². The molecule has 1 aliphatic rings. The van der Waals surface area contributed by atoms with Crippen molar-refractivity contribution in [2.45, 2.75) is 32.8 Å². The molecule has 0 N–H and O–H groups in total. The maximum absolute atomic E-state index is 13.3. The first-order valence-corrected chi connectivity index (χ1v) is 12.4. The van der Waals surface area contributed by atoms with E-state index in [1.54, 1.807) is 14.2 Å². The maximum atomic E-state index is 13.3. The lowest BCUT2D eigenvalue weighted by Crippen LogP contribution is -2.48. The Hall–Kier alpha value is -3.67. The highest BCUT2D eigenvalue weighted by Gasteiger charge is 2.23. The predicted molar refractivity (Wildman–Crippen MR) is 144 cm³/mol. The van der Waals surface area contributed by atoms with Crippen LogP contribution in [0.25, 0.3) is 0 Å². The third-order valence-electron chi connectivity index (χ3n) is 6.65. The molecule has 1 fully saturated rings. The average molecular weight is 489 g/mol. The lowest BCUT2D eigenvalue weighted by Gasteiger charge is -2.36. The van der Waals surface area contributed by atoms with E-state index in [1.165, 1.54) is 5.56 Å². The van der Waals surface area contributed by atoms with Crippen LogP contribution in [0.15, 0.2) is 66.7 Å². The van der Waals surface area contributed by atoms with E-state index < -0.39 is 0 Å². The highest BCUT2D eigenvalue weighted by atomic mass is 16.5. The van der Waals surface area contributed by atoms with Gasteiger partial charge in [-0.15, -0.1) is 0 Å². The van der Waals surface area contributed by atoms with Gasteiger partial charge in [0.1, 0.15) is 23.9 Å². The molecule has 0 aliphatic carbocycles. The number of nitrogens with zero attached hydrogens (tertiary/aromatic N) is 2. The molecule has 0 aromatic heterocycles. The number of anilines is 1. The minimum atomic E-state index is 0.0304. The molecule has 190 valence electrons. The van der Waals surface area contributed by atoms with Gasteiger partial charge in [0.05, 0.1) is 14.2 Å². The van der Waals surface area contributed by atoms with Gasteiger partial charge in [0, 0.05) is 43.0 Å². The van der Waals surface area contributed by atoms with Crippen molar-refractivity contribution >= 4 is 11.6 Å². The van der Waals surface area contributed by atoms with Gasteiger partial charge in [-0.1, -0.05) is 32.9 Å². The Labute approximate surface area is 214 Å². The quantitative estimate of drug-likeness (QED) is 0.437. The van der Waals surface area contributed by atoms with Gasteiger partial charge in [-0.25, -0.2) is 0 Å². The van der Waals surface area contributed by atoms with Crippen LogP contribution in [0.1, 0.15) is 42.3 Å². The first kappa shape index (κ1) is 25.4. The topological polar surface area (TPSA) is 51.2 Å². The molecule has 1 saturated heterocycles. The van der Waals surface area contributed by atoms with Crippen molar-refractivity contribution < 1.29 is 19.0 Å². The smallest absolute Gasteiger partial charge is 0.253 e. The van der Waals surface area contributed by atoms with Crippen molar-refractivity contribution in [3.63, 3.8) is 0 Å². The number of carbonyl (C=O) groups excluding carboxylic acids is 1. The number of piperazine rings is 1. The van der Waals surface area contributed by atoms with E-state index in [0.29, 0.717) is 31.0 Å². The lowest BCUT2D eigenvalue weighted by molar-refractivity contribution is 0.0746. The Bertz CT molecular complexity index is 1160. The molecule has 0 unspecified atom stereocenters. The van der Waals surface area contributed by atoms with Crippen LogP contribution < -0.4 is 19.1 Å². The maximum Gasteiger partial charge on any atom is 0.253 e. The van der Waals surface area contributed by atoms with E-state index >= 15 is 0 Å². The molecule has 3 aromatic carbocycles. The van der Waals surface area contributed by atoms with Crippen LogP contribution in [0.3, 0.4) is 0 Å². The van der Waals surface area contributed by atoms with Crippen molar-refractivity contribution in [3.8, 4) is 17.2 Å². The number of hydrogen-bond acceptors (Lipinski definition) is 5. The van der Waals surface area contributed by atoms with Gasteiger partial charge in [0.15, 0.2) is 0 Å². The average Bonchev–Trinajstić information content (AvgIpc) is 2.91. The summed E-state index contributed by atoms with van der Waals surface area (Å²) < 4.78 is 16.8. The van der Waals surface area contributed by atoms with E-state index in [9.17, 15) is 4.79 Å². The fourth-order valence-corrected chi connectivity index (χ4v) is 4.38. The summed E-state index contributed by atoms with van der Waals surface area (Å²) in [5.74, 6) is 2.37. The molecule has 4 rings (SSSR count). The molecule has 36 heavy (non-hydrogen) atoms. The summed E-state index contributed by atoms with van der Waals surface area (Å²) in [6.07, 6.45) is 0. The summed E-state index contributed by atoms with van der Waals surface area (Å²) in [6.45, 7) is 9.80. The molecule has 1 amide bonds. The summed E-state index contributed by atoms with van der Waals surface area (Å²) in [7, 11) is 3.30. The van der Waals surface area contributed by atoms with Crippen molar-refractivity contribution in [2.24, 2.45) is 0 Å². The second-order valence-electron chi connectivity index (χ2n) is 10.1. The molecule has 0 bridgehead atoms. The molecule has 1 heterocycles. The zero-order valence-electron chi connectivity index (χ0n) is 21.9. The molecule has 1 aliphatic heterocycles. The Morgan fingerprint density at radius 3 is 2.03 bits per heavy atom. The first-order valence-electron chi connectivity index (χ1n) is 12.4. The molecule has 0 atom stereocenters. The van der Waals surface area contributed by atoms with Crippen LogP contribution in [0.2, 0.25) is 0 Å². The summed E-state index contributed by atoms with van der Waals surface area (Å²) in [6, 6.07) is 21.8. The molecule has 3 aromatic rings. The Morgan fingerprint density at radius 2 is 1.44 bits per heavy atom. The highest BCUT2D eigenvalue weighted by molar-refractivity contribution is 5.94. The van der Waals surface area contributed by atoms with Gasteiger partial charge in [-0.2, -0.15) is 0 Å². The summed E-state index contributed by atoms with van der Waals surface area (Å²) in [4.78, 5) is 17.5. The van der Waals surface area contributed by atoms with Crippen LogP contribution >= 0.6 is 0 Å². The second kappa shape index (κ2) is 10.9. The minimum absolute atomic E-state index is 0.0304.